The number of rotatable bonds is 14. The Balaban J connectivity index is 0.00000625. The zero-order valence-corrected chi connectivity index (χ0v) is 18.6. The highest BCUT2D eigenvalue weighted by Gasteiger charge is 2.17. The molecule has 152 valence electrons. The standard InChI is InChI=1S/C22H41N2O.ClH/c1-6-7-8-9-10-11-12-13-14-15-18-24(3,4)19-21-16-17-22(25-5)20(2)23-21;/h16-17H,6-15,18-19H2,1-5H3;1H/q+1;/p-1. The molecule has 0 bridgehead atoms. The molecule has 0 aliphatic carbocycles. The molecule has 0 unspecified atom stereocenters. The second-order valence-corrected chi connectivity index (χ2v) is 8.09. The van der Waals surface area contributed by atoms with Gasteiger partial charge in [-0.2, -0.15) is 0 Å². The summed E-state index contributed by atoms with van der Waals surface area (Å²) >= 11 is 0. The molecule has 4 heteroatoms. The van der Waals surface area contributed by atoms with Gasteiger partial charge in [-0.05, 0) is 31.9 Å². The highest BCUT2D eigenvalue weighted by atomic mass is 35.5. The summed E-state index contributed by atoms with van der Waals surface area (Å²) in [6.07, 6.45) is 14.0. The number of pyridine rings is 1. The number of quaternary nitrogens is 1. The Morgan fingerprint density at radius 3 is 1.92 bits per heavy atom. The van der Waals surface area contributed by atoms with Gasteiger partial charge in [0.1, 0.15) is 12.3 Å². The van der Waals surface area contributed by atoms with E-state index in [0.29, 0.717) is 0 Å². The van der Waals surface area contributed by atoms with E-state index in [0.717, 1.165) is 28.2 Å². The van der Waals surface area contributed by atoms with Gasteiger partial charge in [0, 0.05) is 0 Å². The number of hydrogen-bond donors (Lipinski definition) is 0. The van der Waals surface area contributed by atoms with Crippen molar-refractivity contribution in [2.45, 2.75) is 84.6 Å². The molecule has 0 amide bonds. The fraction of sp³-hybridized carbons (Fsp3) is 0.773. The molecule has 0 aliphatic rings. The van der Waals surface area contributed by atoms with E-state index < -0.39 is 0 Å². The zero-order valence-electron chi connectivity index (χ0n) is 17.8. The lowest BCUT2D eigenvalue weighted by Crippen LogP contribution is -3.00. The number of aromatic nitrogens is 1. The van der Waals surface area contributed by atoms with Crippen molar-refractivity contribution in [1.82, 2.24) is 4.98 Å². The van der Waals surface area contributed by atoms with Gasteiger partial charge in [-0.15, -0.1) is 0 Å². The highest BCUT2D eigenvalue weighted by Crippen LogP contribution is 2.18. The van der Waals surface area contributed by atoms with Crippen molar-refractivity contribution in [3.8, 4) is 5.75 Å². The number of hydrogen-bond acceptors (Lipinski definition) is 2. The quantitative estimate of drug-likeness (QED) is 0.363. The van der Waals surface area contributed by atoms with Crippen molar-refractivity contribution in [2.75, 3.05) is 27.7 Å². The van der Waals surface area contributed by atoms with Crippen molar-refractivity contribution < 1.29 is 21.6 Å². The highest BCUT2D eigenvalue weighted by molar-refractivity contribution is 5.27. The minimum absolute atomic E-state index is 0. The molecule has 0 saturated carbocycles. The van der Waals surface area contributed by atoms with Crippen LogP contribution in [0.15, 0.2) is 12.1 Å². The van der Waals surface area contributed by atoms with E-state index in [1.807, 2.05) is 13.0 Å². The van der Waals surface area contributed by atoms with Gasteiger partial charge < -0.3 is 21.6 Å². The number of nitrogens with zero attached hydrogens (tertiary/aromatic N) is 2. The van der Waals surface area contributed by atoms with Gasteiger partial charge in [0.2, 0.25) is 0 Å². The van der Waals surface area contributed by atoms with Crippen molar-refractivity contribution in [3.05, 3.63) is 23.5 Å². The van der Waals surface area contributed by atoms with Gasteiger partial charge in [-0.3, -0.25) is 0 Å². The topological polar surface area (TPSA) is 22.1 Å². The Kier molecular flexibility index (Phi) is 13.8. The van der Waals surface area contributed by atoms with Crippen molar-refractivity contribution >= 4 is 0 Å². The Morgan fingerprint density at radius 2 is 1.42 bits per heavy atom. The SMILES string of the molecule is CCCCCCCCCCCC[N+](C)(C)Cc1ccc(OC)c(C)n1.[Cl-]. The van der Waals surface area contributed by atoms with Crippen LogP contribution in [0, 0.1) is 6.92 Å². The third-order valence-corrected chi connectivity index (χ3v) is 5.02. The second kappa shape index (κ2) is 14.3. The number of ether oxygens (including phenoxy) is 1. The molecule has 1 heterocycles. The van der Waals surface area contributed by atoms with E-state index in [9.17, 15) is 0 Å². The first-order valence-corrected chi connectivity index (χ1v) is 10.3. The number of aryl methyl sites for hydroxylation is 1. The molecular formula is C22H41ClN2O. The summed E-state index contributed by atoms with van der Waals surface area (Å²) in [6.45, 7) is 6.52. The summed E-state index contributed by atoms with van der Waals surface area (Å²) in [5.74, 6) is 0.878. The van der Waals surface area contributed by atoms with E-state index >= 15 is 0 Å². The first-order chi connectivity index (χ1) is 12.0. The third kappa shape index (κ3) is 11.0. The average Bonchev–Trinajstić information content (AvgIpc) is 2.56. The lowest BCUT2D eigenvalue weighted by atomic mass is 10.1. The number of halogens is 1. The van der Waals surface area contributed by atoms with Crippen molar-refractivity contribution in [2.24, 2.45) is 0 Å². The molecule has 3 nitrogen and oxygen atoms in total. The van der Waals surface area contributed by atoms with Crippen molar-refractivity contribution in [3.63, 3.8) is 0 Å². The predicted octanol–water partition coefficient (Wildman–Crippen LogP) is 2.90. The minimum atomic E-state index is 0. The van der Waals surface area contributed by atoms with E-state index in [4.69, 9.17) is 4.74 Å². The normalized spacial score (nSPS) is 11.3. The predicted molar refractivity (Wildman–Crippen MR) is 108 cm³/mol. The molecular weight excluding hydrogens is 344 g/mol. The average molecular weight is 385 g/mol. The van der Waals surface area contributed by atoms with E-state index in [-0.39, 0.29) is 12.4 Å². The van der Waals surface area contributed by atoms with Crippen LogP contribution in [-0.2, 0) is 6.54 Å². The minimum Gasteiger partial charge on any atom is -1.00 e. The van der Waals surface area contributed by atoms with Crippen molar-refractivity contribution in [1.29, 1.82) is 0 Å². The third-order valence-electron chi connectivity index (χ3n) is 5.02. The molecule has 0 fully saturated rings. The summed E-state index contributed by atoms with van der Waals surface area (Å²) in [7, 11) is 6.33. The first kappa shape index (κ1) is 25.2. The molecule has 0 atom stereocenters. The monoisotopic (exact) mass is 384 g/mol. The van der Waals surface area contributed by atoms with Crippen LogP contribution in [0.4, 0.5) is 0 Å². The Hall–Kier alpha value is -0.800. The van der Waals surface area contributed by atoms with Crippen LogP contribution < -0.4 is 17.1 Å². The van der Waals surface area contributed by atoms with Gasteiger partial charge in [0.05, 0.1) is 39.1 Å². The Morgan fingerprint density at radius 1 is 0.885 bits per heavy atom. The summed E-state index contributed by atoms with van der Waals surface area (Å²) in [4.78, 5) is 4.69. The molecule has 0 N–H and O–H groups in total. The van der Waals surface area contributed by atoms with Crippen LogP contribution in [0.3, 0.4) is 0 Å². The fourth-order valence-corrected chi connectivity index (χ4v) is 3.45. The van der Waals surface area contributed by atoms with Crippen LogP contribution in [-0.4, -0.2) is 37.2 Å². The molecule has 26 heavy (non-hydrogen) atoms. The van der Waals surface area contributed by atoms with Gasteiger partial charge >= 0.3 is 0 Å². The molecule has 1 rings (SSSR count). The smallest absolute Gasteiger partial charge is 0.140 e. The summed E-state index contributed by atoms with van der Waals surface area (Å²) in [5.41, 5.74) is 2.15. The summed E-state index contributed by atoms with van der Waals surface area (Å²) in [5, 5.41) is 0. The van der Waals surface area contributed by atoms with Crippen LogP contribution in [0.25, 0.3) is 0 Å². The largest absolute Gasteiger partial charge is 1.00 e. The van der Waals surface area contributed by atoms with E-state index in [2.05, 4.69) is 32.1 Å². The molecule has 1 aromatic heterocycles. The van der Waals surface area contributed by atoms with Crippen LogP contribution >= 0.6 is 0 Å². The molecule has 0 saturated heterocycles. The summed E-state index contributed by atoms with van der Waals surface area (Å²) in [6, 6.07) is 4.14. The molecule has 0 aromatic carbocycles. The Bertz CT molecular complexity index is 477. The maximum atomic E-state index is 5.30. The number of unbranched alkanes of at least 4 members (excludes halogenated alkanes) is 9. The summed E-state index contributed by atoms with van der Waals surface area (Å²) < 4.78 is 6.31. The number of methoxy groups -OCH3 is 1. The zero-order chi connectivity index (χ0) is 18.5. The second-order valence-electron chi connectivity index (χ2n) is 8.09. The van der Waals surface area contributed by atoms with E-state index in [1.54, 1.807) is 7.11 Å². The molecule has 0 aliphatic heterocycles. The van der Waals surface area contributed by atoms with Crippen LogP contribution in [0.1, 0.15) is 82.5 Å². The van der Waals surface area contributed by atoms with Gasteiger partial charge in [0.25, 0.3) is 0 Å². The van der Waals surface area contributed by atoms with Gasteiger partial charge in [-0.1, -0.05) is 58.3 Å². The lowest BCUT2D eigenvalue weighted by Gasteiger charge is -2.29. The van der Waals surface area contributed by atoms with E-state index in [1.165, 1.54) is 70.8 Å². The van der Waals surface area contributed by atoms with Crippen LogP contribution in [0.2, 0.25) is 0 Å². The fourth-order valence-electron chi connectivity index (χ4n) is 3.45. The van der Waals surface area contributed by atoms with Crippen LogP contribution in [0.5, 0.6) is 5.75 Å². The molecule has 0 radical (unpaired) electrons. The van der Waals surface area contributed by atoms with Gasteiger partial charge in [-0.25, -0.2) is 4.98 Å². The molecule has 0 spiro atoms. The lowest BCUT2D eigenvalue weighted by molar-refractivity contribution is -0.904. The first-order valence-electron chi connectivity index (χ1n) is 10.3. The maximum Gasteiger partial charge on any atom is 0.140 e. The maximum absolute atomic E-state index is 5.30. The Labute approximate surface area is 168 Å². The molecule has 1 aromatic rings. The van der Waals surface area contributed by atoms with Gasteiger partial charge in [0.15, 0.2) is 0 Å².